The summed E-state index contributed by atoms with van der Waals surface area (Å²) in [4.78, 5) is 23.8. The number of ketones is 1. The lowest BCUT2D eigenvalue weighted by atomic mass is 10.0. The number of carbonyl (C=O) groups excluding carboxylic acids is 2. The van der Waals surface area contributed by atoms with Gasteiger partial charge in [0.15, 0.2) is 12.4 Å². The largest absolute Gasteiger partial charge is 0.482 e. The van der Waals surface area contributed by atoms with Crippen molar-refractivity contribution in [3.8, 4) is 5.75 Å². The van der Waals surface area contributed by atoms with Crippen molar-refractivity contribution in [3.05, 3.63) is 64.1 Å². The van der Waals surface area contributed by atoms with Crippen molar-refractivity contribution in [3.63, 3.8) is 0 Å². The molecule has 2 aromatic carbocycles. The summed E-state index contributed by atoms with van der Waals surface area (Å²) >= 11 is 11.8. The smallest absolute Gasteiger partial charge is 0.258 e. The minimum Gasteiger partial charge on any atom is -0.482 e. The van der Waals surface area contributed by atoms with Crippen LogP contribution in [0.1, 0.15) is 12.5 Å². The summed E-state index contributed by atoms with van der Waals surface area (Å²) in [5.41, 5.74) is 0.969. The highest BCUT2D eigenvalue weighted by atomic mass is 35.5. The second-order valence-electron chi connectivity index (χ2n) is 5.28. The molecular weight excluding hydrogens is 349 g/mol. The minimum atomic E-state index is -0.599. The van der Waals surface area contributed by atoms with Gasteiger partial charge in [0.2, 0.25) is 0 Å². The number of benzene rings is 2. The summed E-state index contributed by atoms with van der Waals surface area (Å²) in [7, 11) is 0. The van der Waals surface area contributed by atoms with E-state index in [1.54, 1.807) is 12.1 Å². The van der Waals surface area contributed by atoms with E-state index in [2.05, 4.69) is 5.32 Å². The average Bonchev–Trinajstić information content (AvgIpc) is 2.56. The van der Waals surface area contributed by atoms with Crippen LogP contribution in [0.3, 0.4) is 0 Å². The Bertz CT molecular complexity index is 719. The molecule has 0 heterocycles. The van der Waals surface area contributed by atoms with Crippen LogP contribution in [0, 0.1) is 0 Å². The molecule has 1 atom stereocenters. The van der Waals surface area contributed by atoms with Crippen molar-refractivity contribution in [1.29, 1.82) is 0 Å². The molecule has 0 aliphatic rings. The number of hydrogen-bond acceptors (Lipinski definition) is 3. The third-order valence-corrected chi connectivity index (χ3v) is 3.91. The second-order valence-corrected chi connectivity index (χ2v) is 6.13. The summed E-state index contributed by atoms with van der Waals surface area (Å²) in [5.74, 6) is -0.197. The van der Waals surface area contributed by atoms with E-state index in [1.165, 1.54) is 13.0 Å². The number of Topliss-reactive ketones (excluding diaryl/α,β-unsaturated/α-hetero) is 1. The zero-order chi connectivity index (χ0) is 17.5. The number of carbonyl (C=O) groups is 2. The highest BCUT2D eigenvalue weighted by Gasteiger charge is 2.18. The molecule has 0 bridgehead atoms. The van der Waals surface area contributed by atoms with Gasteiger partial charge in [-0.05, 0) is 31.0 Å². The molecule has 2 rings (SSSR count). The first-order valence-electron chi connectivity index (χ1n) is 7.37. The second kappa shape index (κ2) is 8.71. The fourth-order valence-electron chi connectivity index (χ4n) is 2.11. The van der Waals surface area contributed by atoms with Crippen LogP contribution >= 0.6 is 23.2 Å². The van der Waals surface area contributed by atoms with Gasteiger partial charge in [-0.2, -0.15) is 0 Å². The van der Waals surface area contributed by atoms with E-state index in [0.29, 0.717) is 22.2 Å². The Morgan fingerprint density at radius 2 is 1.83 bits per heavy atom. The summed E-state index contributed by atoms with van der Waals surface area (Å²) in [6.45, 7) is 1.20. The van der Waals surface area contributed by atoms with Crippen molar-refractivity contribution >= 4 is 34.9 Å². The lowest BCUT2D eigenvalue weighted by Gasteiger charge is -2.16. The third-order valence-electron chi connectivity index (χ3n) is 3.36. The van der Waals surface area contributed by atoms with E-state index >= 15 is 0 Å². The van der Waals surface area contributed by atoms with E-state index in [-0.39, 0.29) is 12.4 Å². The lowest BCUT2D eigenvalue weighted by Crippen LogP contribution is -2.43. The van der Waals surface area contributed by atoms with Crippen LogP contribution in [0.25, 0.3) is 0 Å². The Morgan fingerprint density at radius 1 is 1.12 bits per heavy atom. The van der Waals surface area contributed by atoms with Gasteiger partial charge in [-0.3, -0.25) is 9.59 Å². The molecule has 0 saturated heterocycles. The van der Waals surface area contributed by atoms with E-state index in [0.717, 1.165) is 5.56 Å². The SMILES string of the molecule is CC(=O)[C@@H](Cc1ccccc1)NC(=O)COc1cc(Cl)ccc1Cl. The Hall–Kier alpha value is -2.04. The first-order valence-corrected chi connectivity index (χ1v) is 8.13. The van der Waals surface area contributed by atoms with Crippen molar-refractivity contribution in [2.45, 2.75) is 19.4 Å². The molecule has 24 heavy (non-hydrogen) atoms. The number of rotatable bonds is 7. The standard InChI is InChI=1S/C18H17Cl2NO3/c1-12(22)16(9-13-5-3-2-4-6-13)21-18(23)11-24-17-10-14(19)7-8-15(17)20/h2-8,10,16H,9,11H2,1H3,(H,21,23)/t16-/m1/s1. The molecule has 0 saturated carbocycles. The van der Waals surface area contributed by atoms with Gasteiger partial charge < -0.3 is 10.1 Å². The molecule has 0 aromatic heterocycles. The topological polar surface area (TPSA) is 55.4 Å². The predicted molar refractivity (Wildman–Crippen MR) is 94.7 cm³/mol. The zero-order valence-electron chi connectivity index (χ0n) is 13.1. The van der Waals surface area contributed by atoms with Gasteiger partial charge in [-0.1, -0.05) is 53.5 Å². The highest BCUT2D eigenvalue weighted by molar-refractivity contribution is 6.34. The maximum atomic E-state index is 12.1. The molecule has 6 heteroatoms. The van der Waals surface area contributed by atoms with Crippen LogP contribution in [0.4, 0.5) is 0 Å². The van der Waals surface area contributed by atoms with Gasteiger partial charge in [0.1, 0.15) is 5.75 Å². The first-order chi connectivity index (χ1) is 11.5. The molecule has 1 amide bonds. The highest BCUT2D eigenvalue weighted by Crippen LogP contribution is 2.27. The molecule has 0 radical (unpaired) electrons. The van der Waals surface area contributed by atoms with Crippen LogP contribution in [0.5, 0.6) is 5.75 Å². The van der Waals surface area contributed by atoms with Crippen molar-refractivity contribution in [2.24, 2.45) is 0 Å². The Labute approximate surface area is 150 Å². The van der Waals surface area contributed by atoms with Crippen molar-refractivity contribution < 1.29 is 14.3 Å². The normalized spacial score (nSPS) is 11.6. The fourth-order valence-corrected chi connectivity index (χ4v) is 2.45. The molecule has 0 aliphatic carbocycles. The molecule has 1 N–H and O–H groups in total. The van der Waals surface area contributed by atoms with Crippen molar-refractivity contribution in [1.82, 2.24) is 5.32 Å². The van der Waals surface area contributed by atoms with E-state index in [4.69, 9.17) is 27.9 Å². The number of halogens is 2. The van der Waals surface area contributed by atoms with Crippen LogP contribution in [0.15, 0.2) is 48.5 Å². The van der Waals surface area contributed by atoms with Gasteiger partial charge in [0, 0.05) is 11.1 Å². The fraction of sp³-hybridized carbons (Fsp3) is 0.222. The van der Waals surface area contributed by atoms with Crippen LogP contribution in [0.2, 0.25) is 10.0 Å². The van der Waals surface area contributed by atoms with Gasteiger partial charge in [0.05, 0.1) is 11.1 Å². The van der Waals surface area contributed by atoms with E-state index in [9.17, 15) is 9.59 Å². The number of nitrogens with one attached hydrogen (secondary N) is 1. The molecule has 126 valence electrons. The summed E-state index contributed by atoms with van der Waals surface area (Å²) in [6.07, 6.45) is 0.430. The molecule has 0 unspecified atom stereocenters. The average molecular weight is 366 g/mol. The van der Waals surface area contributed by atoms with Crippen LogP contribution in [-0.4, -0.2) is 24.3 Å². The summed E-state index contributed by atoms with van der Waals surface area (Å²) < 4.78 is 5.37. The summed E-state index contributed by atoms with van der Waals surface area (Å²) in [5, 5.41) is 3.50. The lowest BCUT2D eigenvalue weighted by molar-refractivity contribution is -0.128. The first kappa shape index (κ1) is 18.3. The number of hydrogen-bond donors (Lipinski definition) is 1. The van der Waals surface area contributed by atoms with Crippen LogP contribution in [-0.2, 0) is 16.0 Å². The molecular formula is C18H17Cl2NO3. The summed E-state index contributed by atoms with van der Waals surface area (Å²) in [6, 6.07) is 13.6. The number of ether oxygens (including phenoxy) is 1. The Kier molecular flexibility index (Phi) is 6.64. The maximum absolute atomic E-state index is 12.1. The van der Waals surface area contributed by atoms with Gasteiger partial charge in [-0.25, -0.2) is 0 Å². The van der Waals surface area contributed by atoms with Gasteiger partial charge in [-0.15, -0.1) is 0 Å². The quantitative estimate of drug-likeness (QED) is 0.813. The Balaban J connectivity index is 1.93. The van der Waals surface area contributed by atoms with Crippen molar-refractivity contribution in [2.75, 3.05) is 6.61 Å². The molecule has 0 fully saturated rings. The minimum absolute atomic E-state index is 0.118. The Morgan fingerprint density at radius 3 is 2.50 bits per heavy atom. The predicted octanol–water partition coefficient (Wildman–Crippen LogP) is 3.69. The zero-order valence-corrected chi connectivity index (χ0v) is 14.6. The van der Waals surface area contributed by atoms with Gasteiger partial charge in [0.25, 0.3) is 5.91 Å². The molecule has 0 aliphatic heterocycles. The molecule has 2 aromatic rings. The third kappa shape index (κ3) is 5.55. The van der Waals surface area contributed by atoms with Gasteiger partial charge >= 0.3 is 0 Å². The monoisotopic (exact) mass is 365 g/mol. The van der Waals surface area contributed by atoms with E-state index in [1.807, 2.05) is 30.3 Å². The molecule has 4 nitrogen and oxygen atoms in total. The van der Waals surface area contributed by atoms with Crippen LogP contribution < -0.4 is 10.1 Å². The molecule has 0 spiro atoms. The maximum Gasteiger partial charge on any atom is 0.258 e. The van der Waals surface area contributed by atoms with E-state index < -0.39 is 11.9 Å². The number of amides is 1.